The number of methoxy groups -OCH3 is 1. The van der Waals surface area contributed by atoms with Crippen LogP contribution in [0.4, 0.5) is 10.2 Å². The summed E-state index contributed by atoms with van der Waals surface area (Å²) in [5.74, 6) is 0.695. The molecule has 0 unspecified atom stereocenters. The Balaban J connectivity index is 2.42. The molecule has 0 bridgehead atoms. The maximum absolute atomic E-state index is 13.5. The SMILES string of the molecule is CCCNc1cc(COC)nc(-c2cc(F)cc(Cl)c2)n1. The Morgan fingerprint density at radius 2 is 2.05 bits per heavy atom. The van der Waals surface area contributed by atoms with Gasteiger partial charge in [0.1, 0.15) is 11.6 Å². The summed E-state index contributed by atoms with van der Waals surface area (Å²) in [6.07, 6.45) is 0.977. The largest absolute Gasteiger partial charge is 0.378 e. The number of ether oxygens (including phenoxy) is 1. The van der Waals surface area contributed by atoms with Gasteiger partial charge >= 0.3 is 0 Å². The van der Waals surface area contributed by atoms with E-state index >= 15 is 0 Å². The summed E-state index contributed by atoms with van der Waals surface area (Å²) in [6.45, 7) is 3.23. The quantitative estimate of drug-likeness (QED) is 0.879. The predicted molar refractivity (Wildman–Crippen MR) is 81.9 cm³/mol. The standard InChI is InChI=1S/C15H17ClFN3O/c1-3-4-18-14-8-13(9-21-2)19-15(20-14)10-5-11(16)7-12(17)6-10/h5-8H,3-4,9H2,1-2H3,(H,18,19,20). The first-order valence-electron chi connectivity index (χ1n) is 6.69. The maximum atomic E-state index is 13.5. The van der Waals surface area contributed by atoms with E-state index in [4.69, 9.17) is 16.3 Å². The molecule has 0 saturated heterocycles. The van der Waals surface area contributed by atoms with Crippen LogP contribution in [0, 0.1) is 5.82 Å². The minimum atomic E-state index is -0.415. The van der Waals surface area contributed by atoms with Crippen molar-refractivity contribution in [3.8, 4) is 11.4 Å². The van der Waals surface area contributed by atoms with Gasteiger partial charge < -0.3 is 10.1 Å². The lowest BCUT2D eigenvalue weighted by molar-refractivity contribution is 0.181. The molecule has 1 N–H and O–H groups in total. The molecule has 1 aromatic carbocycles. The number of halogens is 2. The second kappa shape index (κ2) is 7.33. The van der Waals surface area contributed by atoms with E-state index in [0.29, 0.717) is 28.8 Å². The number of rotatable bonds is 6. The molecule has 4 nitrogen and oxygen atoms in total. The fraction of sp³-hybridized carbons (Fsp3) is 0.333. The van der Waals surface area contributed by atoms with Gasteiger partial charge in [0, 0.05) is 30.3 Å². The molecule has 0 fully saturated rings. The van der Waals surface area contributed by atoms with Crippen molar-refractivity contribution < 1.29 is 9.13 Å². The van der Waals surface area contributed by atoms with Crippen LogP contribution >= 0.6 is 11.6 Å². The highest BCUT2D eigenvalue weighted by molar-refractivity contribution is 6.30. The van der Waals surface area contributed by atoms with Gasteiger partial charge in [0.2, 0.25) is 0 Å². The average Bonchev–Trinajstić information content (AvgIpc) is 2.44. The van der Waals surface area contributed by atoms with Crippen molar-refractivity contribution in [1.29, 1.82) is 0 Å². The molecule has 21 heavy (non-hydrogen) atoms. The first-order valence-corrected chi connectivity index (χ1v) is 7.07. The van der Waals surface area contributed by atoms with Crippen LogP contribution in [0.2, 0.25) is 5.02 Å². The van der Waals surface area contributed by atoms with Crippen LogP contribution in [0.1, 0.15) is 19.0 Å². The van der Waals surface area contributed by atoms with E-state index in [2.05, 4.69) is 22.2 Å². The smallest absolute Gasteiger partial charge is 0.161 e. The normalized spacial score (nSPS) is 10.7. The van der Waals surface area contributed by atoms with E-state index < -0.39 is 5.82 Å². The van der Waals surface area contributed by atoms with E-state index in [9.17, 15) is 4.39 Å². The van der Waals surface area contributed by atoms with Gasteiger partial charge in [-0.3, -0.25) is 0 Å². The topological polar surface area (TPSA) is 47.0 Å². The Labute approximate surface area is 128 Å². The summed E-state index contributed by atoms with van der Waals surface area (Å²) in [6, 6.07) is 6.07. The average molecular weight is 310 g/mol. The summed E-state index contributed by atoms with van der Waals surface area (Å²) in [7, 11) is 1.60. The highest BCUT2D eigenvalue weighted by atomic mass is 35.5. The highest BCUT2D eigenvalue weighted by Gasteiger charge is 2.09. The maximum Gasteiger partial charge on any atom is 0.161 e. The van der Waals surface area contributed by atoms with E-state index in [1.165, 1.54) is 12.1 Å². The van der Waals surface area contributed by atoms with Gasteiger partial charge in [0.25, 0.3) is 0 Å². The van der Waals surface area contributed by atoms with Crippen molar-refractivity contribution in [3.05, 3.63) is 40.8 Å². The van der Waals surface area contributed by atoms with Gasteiger partial charge in [-0.1, -0.05) is 18.5 Å². The molecule has 0 spiro atoms. The van der Waals surface area contributed by atoms with Crippen molar-refractivity contribution in [2.24, 2.45) is 0 Å². The number of benzene rings is 1. The molecule has 0 aliphatic carbocycles. The van der Waals surface area contributed by atoms with Crippen LogP contribution in [-0.2, 0) is 11.3 Å². The first-order chi connectivity index (χ1) is 10.1. The Kier molecular flexibility index (Phi) is 5.47. The fourth-order valence-corrected chi connectivity index (χ4v) is 2.10. The second-order valence-corrected chi connectivity index (χ2v) is 5.02. The molecular weight excluding hydrogens is 293 g/mol. The number of nitrogens with one attached hydrogen (secondary N) is 1. The van der Waals surface area contributed by atoms with Crippen molar-refractivity contribution in [1.82, 2.24) is 9.97 Å². The first kappa shape index (κ1) is 15.7. The molecule has 0 aliphatic heterocycles. The lowest BCUT2D eigenvalue weighted by atomic mass is 10.2. The zero-order valence-corrected chi connectivity index (χ0v) is 12.7. The third-order valence-corrected chi connectivity index (χ3v) is 2.97. The van der Waals surface area contributed by atoms with Crippen LogP contribution in [0.15, 0.2) is 24.3 Å². The molecule has 0 atom stereocenters. The minimum absolute atomic E-state index is 0.314. The fourth-order valence-electron chi connectivity index (χ4n) is 1.87. The zero-order chi connectivity index (χ0) is 15.2. The van der Waals surface area contributed by atoms with Crippen LogP contribution in [0.5, 0.6) is 0 Å². The molecule has 2 aromatic rings. The van der Waals surface area contributed by atoms with Crippen molar-refractivity contribution in [2.45, 2.75) is 20.0 Å². The van der Waals surface area contributed by atoms with E-state index in [1.807, 2.05) is 6.07 Å². The number of hydrogen-bond donors (Lipinski definition) is 1. The number of anilines is 1. The van der Waals surface area contributed by atoms with Gasteiger partial charge in [0.05, 0.1) is 12.3 Å². The molecule has 2 rings (SSSR count). The molecule has 0 amide bonds. The highest BCUT2D eigenvalue weighted by Crippen LogP contribution is 2.23. The third kappa shape index (κ3) is 4.37. The van der Waals surface area contributed by atoms with Gasteiger partial charge in [0.15, 0.2) is 5.82 Å². The van der Waals surface area contributed by atoms with Gasteiger partial charge in [-0.15, -0.1) is 0 Å². The van der Waals surface area contributed by atoms with E-state index in [-0.39, 0.29) is 0 Å². The molecule has 0 aliphatic rings. The Morgan fingerprint density at radius 3 is 2.71 bits per heavy atom. The Hall–Kier alpha value is -1.72. The van der Waals surface area contributed by atoms with Gasteiger partial charge in [-0.2, -0.15) is 0 Å². The van der Waals surface area contributed by atoms with E-state index in [1.54, 1.807) is 13.2 Å². The molecular formula is C15H17ClFN3O. The molecule has 112 valence electrons. The lowest BCUT2D eigenvalue weighted by Crippen LogP contribution is -2.06. The summed E-state index contributed by atoms with van der Waals surface area (Å²) < 4.78 is 18.6. The van der Waals surface area contributed by atoms with Crippen LogP contribution in [0.3, 0.4) is 0 Å². The molecule has 6 heteroatoms. The van der Waals surface area contributed by atoms with E-state index in [0.717, 1.165) is 18.7 Å². The zero-order valence-electron chi connectivity index (χ0n) is 12.0. The number of aromatic nitrogens is 2. The van der Waals surface area contributed by atoms with Crippen LogP contribution in [0.25, 0.3) is 11.4 Å². The van der Waals surface area contributed by atoms with Gasteiger partial charge in [-0.05, 0) is 24.6 Å². The summed E-state index contributed by atoms with van der Waals surface area (Å²) in [5.41, 5.74) is 1.26. The van der Waals surface area contributed by atoms with Crippen molar-refractivity contribution in [3.63, 3.8) is 0 Å². The van der Waals surface area contributed by atoms with Crippen LogP contribution < -0.4 is 5.32 Å². The molecule has 1 aromatic heterocycles. The lowest BCUT2D eigenvalue weighted by Gasteiger charge is -2.09. The minimum Gasteiger partial charge on any atom is -0.378 e. The molecule has 1 heterocycles. The Morgan fingerprint density at radius 1 is 1.24 bits per heavy atom. The summed E-state index contributed by atoms with van der Waals surface area (Å²) in [4.78, 5) is 8.78. The molecule has 0 radical (unpaired) electrons. The summed E-state index contributed by atoms with van der Waals surface area (Å²) >= 11 is 5.89. The Bertz CT molecular complexity index is 602. The van der Waals surface area contributed by atoms with Crippen LogP contribution in [-0.4, -0.2) is 23.6 Å². The van der Waals surface area contributed by atoms with Crippen molar-refractivity contribution >= 4 is 17.4 Å². The summed E-state index contributed by atoms with van der Waals surface area (Å²) in [5, 5.41) is 3.51. The third-order valence-electron chi connectivity index (χ3n) is 2.75. The molecule has 0 saturated carbocycles. The van der Waals surface area contributed by atoms with Gasteiger partial charge in [-0.25, -0.2) is 14.4 Å². The predicted octanol–water partition coefficient (Wildman–Crippen LogP) is 3.90. The number of nitrogens with zero attached hydrogens (tertiary/aromatic N) is 2. The monoisotopic (exact) mass is 309 g/mol. The second-order valence-electron chi connectivity index (χ2n) is 4.59. The number of hydrogen-bond acceptors (Lipinski definition) is 4. The van der Waals surface area contributed by atoms with Crippen molar-refractivity contribution in [2.75, 3.05) is 19.0 Å².